The highest BCUT2D eigenvalue weighted by atomic mass is 32.2. The minimum absolute atomic E-state index is 0.946. The molecule has 0 aliphatic rings. The maximum absolute atomic E-state index is 3.76. The second kappa shape index (κ2) is 9.42. The van der Waals surface area contributed by atoms with Crippen molar-refractivity contribution in [1.29, 1.82) is 0 Å². The van der Waals surface area contributed by atoms with Crippen LogP contribution in [-0.4, -0.2) is 17.3 Å². The molecule has 0 saturated heterocycles. The van der Waals surface area contributed by atoms with Crippen molar-refractivity contribution < 1.29 is 0 Å². The number of benzene rings is 1. The van der Waals surface area contributed by atoms with E-state index < -0.39 is 0 Å². The number of hydrogen-bond donors (Lipinski definition) is 0. The highest BCUT2D eigenvalue weighted by molar-refractivity contribution is 8.01. The van der Waals surface area contributed by atoms with Gasteiger partial charge in [0.1, 0.15) is 0 Å². The van der Waals surface area contributed by atoms with Crippen LogP contribution in [0.5, 0.6) is 0 Å². The summed E-state index contributed by atoms with van der Waals surface area (Å²) in [5, 5.41) is 0. The van der Waals surface area contributed by atoms with Crippen molar-refractivity contribution in [1.82, 2.24) is 0 Å². The van der Waals surface area contributed by atoms with Gasteiger partial charge in [-0.2, -0.15) is 0 Å². The molecule has 0 atom stereocenters. The molecule has 0 aromatic heterocycles. The summed E-state index contributed by atoms with van der Waals surface area (Å²) in [4.78, 5) is 3.90. The number of hydrogen-bond acceptors (Lipinski definition) is 3. The molecule has 0 nitrogen and oxygen atoms in total. The number of thioether (sulfide) groups is 3. The summed E-state index contributed by atoms with van der Waals surface area (Å²) in [7, 11) is 0. The van der Waals surface area contributed by atoms with E-state index in [-0.39, 0.29) is 0 Å². The van der Waals surface area contributed by atoms with Crippen molar-refractivity contribution in [2.75, 3.05) is 17.3 Å². The van der Waals surface area contributed by atoms with Gasteiger partial charge in [-0.05, 0) is 18.2 Å². The first-order chi connectivity index (χ1) is 8.80. The Labute approximate surface area is 123 Å². The lowest BCUT2D eigenvalue weighted by Gasteiger charge is -2.07. The molecule has 0 spiro atoms. The highest BCUT2D eigenvalue weighted by Crippen LogP contribution is 2.31. The van der Waals surface area contributed by atoms with Crippen molar-refractivity contribution in [2.24, 2.45) is 0 Å². The van der Waals surface area contributed by atoms with E-state index >= 15 is 0 Å². The molecule has 0 unspecified atom stereocenters. The molecular formula is C15H18S3. The molecule has 0 aliphatic heterocycles. The van der Waals surface area contributed by atoms with Crippen LogP contribution >= 0.6 is 35.3 Å². The van der Waals surface area contributed by atoms with E-state index in [0.717, 1.165) is 17.3 Å². The molecule has 0 fully saturated rings. The van der Waals surface area contributed by atoms with Gasteiger partial charge in [-0.3, -0.25) is 0 Å². The fourth-order valence-corrected chi connectivity index (χ4v) is 3.68. The predicted octanol–water partition coefficient (Wildman–Crippen LogP) is 5.52. The third kappa shape index (κ3) is 5.89. The second-order valence-electron chi connectivity index (χ2n) is 3.44. The van der Waals surface area contributed by atoms with Gasteiger partial charge < -0.3 is 0 Å². The maximum atomic E-state index is 3.76. The zero-order valence-electron chi connectivity index (χ0n) is 10.4. The molecule has 18 heavy (non-hydrogen) atoms. The summed E-state index contributed by atoms with van der Waals surface area (Å²) < 4.78 is 0. The van der Waals surface area contributed by atoms with E-state index in [1.165, 1.54) is 14.7 Å². The molecule has 0 aliphatic carbocycles. The van der Waals surface area contributed by atoms with Crippen LogP contribution in [-0.2, 0) is 0 Å². The van der Waals surface area contributed by atoms with Gasteiger partial charge in [0.15, 0.2) is 0 Å². The molecular weight excluding hydrogens is 276 g/mol. The lowest BCUT2D eigenvalue weighted by molar-refractivity contribution is 1.23. The molecule has 1 aromatic carbocycles. The van der Waals surface area contributed by atoms with E-state index in [9.17, 15) is 0 Å². The molecule has 0 N–H and O–H groups in total. The topological polar surface area (TPSA) is 0 Å². The number of rotatable bonds is 9. The van der Waals surface area contributed by atoms with Crippen LogP contribution < -0.4 is 0 Å². The summed E-state index contributed by atoms with van der Waals surface area (Å²) in [5.74, 6) is 2.84. The van der Waals surface area contributed by atoms with Crippen LogP contribution in [0.2, 0.25) is 0 Å². The van der Waals surface area contributed by atoms with Crippen LogP contribution in [0, 0.1) is 0 Å². The minimum Gasteiger partial charge on any atom is -0.122 e. The van der Waals surface area contributed by atoms with Crippen LogP contribution in [0.25, 0.3) is 0 Å². The molecule has 1 rings (SSSR count). The van der Waals surface area contributed by atoms with Crippen molar-refractivity contribution in [3.8, 4) is 0 Å². The fraction of sp³-hybridized carbons (Fsp3) is 0.200. The van der Waals surface area contributed by atoms with E-state index in [0.29, 0.717) is 0 Å². The molecule has 96 valence electrons. The average Bonchev–Trinajstić information content (AvgIpc) is 2.40. The monoisotopic (exact) mass is 294 g/mol. The van der Waals surface area contributed by atoms with E-state index in [1.807, 2.05) is 53.5 Å². The molecule has 0 heterocycles. The van der Waals surface area contributed by atoms with Crippen molar-refractivity contribution in [3.05, 3.63) is 56.2 Å². The van der Waals surface area contributed by atoms with Gasteiger partial charge in [0.05, 0.1) is 0 Å². The van der Waals surface area contributed by atoms with Crippen molar-refractivity contribution in [2.45, 2.75) is 14.7 Å². The Balaban J connectivity index is 2.83. The SMILES string of the molecule is C=CCSc1cc(SCC=C)cc(SCC=C)c1. The van der Waals surface area contributed by atoms with Gasteiger partial charge in [0.25, 0.3) is 0 Å². The third-order valence-corrected chi connectivity index (χ3v) is 4.87. The van der Waals surface area contributed by atoms with Gasteiger partial charge in [0.2, 0.25) is 0 Å². The van der Waals surface area contributed by atoms with Crippen LogP contribution in [0.4, 0.5) is 0 Å². The zero-order chi connectivity index (χ0) is 13.2. The summed E-state index contributed by atoms with van der Waals surface area (Å²) in [6, 6.07) is 6.71. The Kier molecular flexibility index (Phi) is 8.14. The highest BCUT2D eigenvalue weighted by Gasteiger charge is 2.02. The van der Waals surface area contributed by atoms with Crippen molar-refractivity contribution in [3.63, 3.8) is 0 Å². The largest absolute Gasteiger partial charge is 0.122 e. The van der Waals surface area contributed by atoms with Gasteiger partial charge in [-0.1, -0.05) is 18.2 Å². The lowest BCUT2D eigenvalue weighted by atomic mass is 10.4. The molecule has 1 aromatic rings. The van der Waals surface area contributed by atoms with Crippen LogP contribution in [0.15, 0.2) is 70.9 Å². The normalized spacial score (nSPS) is 10.0. The quantitative estimate of drug-likeness (QED) is 0.435. The Bertz CT molecular complexity index is 336. The lowest BCUT2D eigenvalue weighted by Crippen LogP contribution is -1.82. The van der Waals surface area contributed by atoms with Gasteiger partial charge >= 0.3 is 0 Å². The fourth-order valence-electron chi connectivity index (χ4n) is 1.26. The van der Waals surface area contributed by atoms with E-state index in [4.69, 9.17) is 0 Å². The Hall–Kier alpha value is -0.510. The first-order valence-electron chi connectivity index (χ1n) is 5.66. The van der Waals surface area contributed by atoms with Gasteiger partial charge in [-0.25, -0.2) is 0 Å². The molecule has 0 saturated carbocycles. The summed E-state index contributed by atoms with van der Waals surface area (Å²) in [6.07, 6.45) is 5.81. The Morgan fingerprint density at radius 3 is 1.17 bits per heavy atom. The standard InChI is InChI=1S/C15H18S3/c1-4-7-16-13-10-14(17-8-5-2)12-15(11-13)18-9-6-3/h4-6,10-12H,1-3,7-9H2. The predicted molar refractivity (Wildman–Crippen MR) is 89.2 cm³/mol. The first kappa shape index (κ1) is 15.5. The molecule has 0 radical (unpaired) electrons. The Morgan fingerprint density at radius 1 is 0.667 bits per heavy atom. The smallest absolute Gasteiger partial charge is 0.0158 e. The van der Waals surface area contributed by atoms with Gasteiger partial charge in [-0.15, -0.1) is 55.0 Å². The van der Waals surface area contributed by atoms with E-state index in [2.05, 4.69) is 37.9 Å². The third-order valence-electron chi connectivity index (χ3n) is 1.96. The van der Waals surface area contributed by atoms with Crippen LogP contribution in [0.1, 0.15) is 0 Å². The minimum atomic E-state index is 0.946. The zero-order valence-corrected chi connectivity index (χ0v) is 12.9. The summed E-state index contributed by atoms with van der Waals surface area (Å²) in [5.41, 5.74) is 0. The van der Waals surface area contributed by atoms with Gasteiger partial charge in [0, 0.05) is 31.9 Å². The maximum Gasteiger partial charge on any atom is 0.0158 e. The van der Waals surface area contributed by atoms with E-state index in [1.54, 1.807) is 0 Å². The second-order valence-corrected chi connectivity index (χ2v) is 6.72. The summed E-state index contributed by atoms with van der Waals surface area (Å²) in [6.45, 7) is 11.3. The summed E-state index contributed by atoms with van der Waals surface area (Å²) >= 11 is 5.46. The van der Waals surface area contributed by atoms with Crippen LogP contribution in [0.3, 0.4) is 0 Å². The molecule has 0 bridgehead atoms. The molecule has 0 amide bonds. The average molecular weight is 295 g/mol. The first-order valence-corrected chi connectivity index (χ1v) is 8.62. The van der Waals surface area contributed by atoms with Crippen molar-refractivity contribution >= 4 is 35.3 Å². The molecule has 3 heteroatoms. The Morgan fingerprint density at radius 2 is 0.944 bits per heavy atom.